The van der Waals surface area contributed by atoms with Crippen molar-refractivity contribution in [3.8, 4) is 0 Å². The van der Waals surface area contributed by atoms with E-state index in [2.05, 4.69) is 5.32 Å². The Morgan fingerprint density at radius 1 is 1.03 bits per heavy atom. The van der Waals surface area contributed by atoms with E-state index in [1.54, 1.807) is 4.90 Å². The first-order chi connectivity index (χ1) is 15.0. The van der Waals surface area contributed by atoms with Crippen molar-refractivity contribution in [2.45, 2.75) is 76.4 Å². The van der Waals surface area contributed by atoms with Gasteiger partial charge in [-0.2, -0.15) is 0 Å². The molecule has 1 aliphatic heterocycles. The molecule has 5 heteroatoms. The number of amides is 2. The van der Waals surface area contributed by atoms with E-state index in [9.17, 15) is 9.59 Å². The lowest BCUT2D eigenvalue weighted by molar-refractivity contribution is -0.132. The Morgan fingerprint density at radius 2 is 1.68 bits per heavy atom. The fourth-order valence-corrected chi connectivity index (χ4v) is 5.01. The molecule has 31 heavy (non-hydrogen) atoms. The fourth-order valence-electron chi connectivity index (χ4n) is 4.88. The molecule has 2 aromatic carbocycles. The third-order valence-corrected chi connectivity index (χ3v) is 7.06. The lowest BCUT2D eigenvalue weighted by Gasteiger charge is -2.44. The van der Waals surface area contributed by atoms with Gasteiger partial charge in [0.05, 0.1) is 0 Å². The van der Waals surface area contributed by atoms with Crippen LogP contribution < -0.4 is 5.32 Å². The SMILES string of the molecule is C[C@@]1(C(=O)NC2CCCCCCC2)Cc2ccccc2C(=O)N1Cc1ccc(Cl)cc1. The van der Waals surface area contributed by atoms with E-state index in [0.717, 1.165) is 36.8 Å². The zero-order chi connectivity index (χ0) is 21.8. The van der Waals surface area contributed by atoms with Crippen molar-refractivity contribution in [2.75, 3.05) is 0 Å². The molecular weight excluding hydrogens is 408 g/mol. The molecule has 2 aliphatic rings. The van der Waals surface area contributed by atoms with E-state index in [1.165, 1.54) is 19.3 Å². The molecule has 1 aliphatic carbocycles. The van der Waals surface area contributed by atoms with E-state index in [1.807, 2.05) is 55.5 Å². The Balaban J connectivity index is 1.62. The summed E-state index contributed by atoms with van der Waals surface area (Å²) in [6.07, 6.45) is 8.61. The van der Waals surface area contributed by atoms with Gasteiger partial charge in [-0.15, -0.1) is 0 Å². The van der Waals surface area contributed by atoms with Crippen LogP contribution in [-0.2, 0) is 17.8 Å². The van der Waals surface area contributed by atoms with E-state index in [0.29, 0.717) is 23.6 Å². The fraction of sp³-hybridized carbons (Fsp3) is 0.462. The smallest absolute Gasteiger partial charge is 0.255 e. The molecule has 4 nitrogen and oxygen atoms in total. The maximum Gasteiger partial charge on any atom is 0.255 e. The monoisotopic (exact) mass is 438 g/mol. The second-order valence-electron chi connectivity index (χ2n) is 9.14. The number of nitrogens with one attached hydrogen (secondary N) is 1. The van der Waals surface area contributed by atoms with Crippen LogP contribution in [0.1, 0.15) is 73.4 Å². The molecule has 0 radical (unpaired) electrons. The Hall–Kier alpha value is -2.33. The molecule has 1 fully saturated rings. The summed E-state index contributed by atoms with van der Waals surface area (Å²) >= 11 is 6.05. The van der Waals surface area contributed by atoms with Crippen LogP contribution in [0.4, 0.5) is 0 Å². The van der Waals surface area contributed by atoms with Crippen molar-refractivity contribution in [3.05, 3.63) is 70.2 Å². The number of hydrogen-bond acceptors (Lipinski definition) is 2. The number of benzene rings is 2. The minimum atomic E-state index is -0.937. The molecular formula is C26H31ClN2O2. The van der Waals surface area contributed by atoms with Crippen molar-refractivity contribution in [1.29, 1.82) is 0 Å². The average molecular weight is 439 g/mol. The summed E-state index contributed by atoms with van der Waals surface area (Å²) in [4.78, 5) is 28.9. The molecule has 0 bridgehead atoms. The van der Waals surface area contributed by atoms with E-state index < -0.39 is 5.54 Å². The molecule has 1 N–H and O–H groups in total. The maximum absolute atomic E-state index is 13.7. The first-order valence-electron chi connectivity index (χ1n) is 11.4. The molecule has 4 rings (SSSR count). The molecule has 2 amide bonds. The normalized spacial score (nSPS) is 22.4. The quantitative estimate of drug-likeness (QED) is 0.682. The van der Waals surface area contributed by atoms with Crippen molar-refractivity contribution in [1.82, 2.24) is 10.2 Å². The first-order valence-corrected chi connectivity index (χ1v) is 11.8. The van der Waals surface area contributed by atoms with Crippen LogP contribution in [0.5, 0.6) is 0 Å². The summed E-state index contributed by atoms with van der Waals surface area (Å²) in [6.45, 7) is 2.29. The largest absolute Gasteiger partial charge is 0.351 e. The van der Waals surface area contributed by atoms with Crippen LogP contribution >= 0.6 is 11.6 Å². The summed E-state index contributed by atoms with van der Waals surface area (Å²) in [6, 6.07) is 15.3. The van der Waals surface area contributed by atoms with Gasteiger partial charge in [0.25, 0.3) is 5.91 Å². The van der Waals surface area contributed by atoms with E-state index in [-0.39, 0.29) is 17.9 Å². The number of hydrogen-bond donors (Lipinski definition) is 1. The Morgan fingerprint density at radius 3 is 2.39 bits per heavy atom. The summed E-state index contributed by atoms with van der Waals surface area (Å²) in [5.74, 6) is -0.137. The predicted octanol–water partition coefficient (Wildman–Crippen LogP) is 5.53. The lowest BCUT2D eigenvalue weighted by Crippen LogP contribution is -2.63. The van der Waals surface area contributed by atoms with Gasteiger partial charge in [0.1, 0.15) is 5.54 Å². The highest BCUT2D eigenvalue weighted by molar-refractivity contribution is 6.30. The lowest BCUT2D eigenvalue weighted by atomic mass is 9.82. The molecule has 0 saturated heterocycles. The minimum Gasteiger partial charge on any atom is -0.351 e. The van der Waals surface area contributed by atoms with E-state index >= 15 is 0 Å². The zero-order valence-electron chi connectivity index (χ0n) is 18.2. The second kappa shape index (κ2) is 9.44. The Labute approximate surface area is 190 Å². The molecule has 1 saturated carbocycles. The Kier molecular flexibility index (Phi) is 6.66. The van der Waals surface area contributed by atoms with Gasteiger partial charge in [-0.3, -0.25) is 9.59 Å². The molecule has 1 heterocycles. The number of halogens is 1. The van der Waals surface area contributed by atoms with Crippen LogP contribution in [0, 0.1) is 0 Å². The number of nitrogens with zero attached hydrogens (tertiary/aromatic N) is 1. The van der Waals surface area contributed by atoms with Crippen LogP contribution in [0.3, 0.4) is 0 Å². The van der Waals surface area contributed by atoms with Crippen molar-refractivity contribution in [2.24, 2.45) is 0 Å². The van der Waals surface area contributed by atoms with Crippen molar-refractivity contribution in [3.63, 3.8) is 0 Å². The standard InChI is InChI=1S/C26H31ClN2O2/c1-26(25(31)28-22-10-5-3-2-4-6-11-22)17-20-9-7-8-12-23(20)24(30)29(26)18-19-13-15-21(27)16-14-19/h7-9,12-16,22H,2-6,10-11,17-18H2,1H3,(H,28,31)/t26-/m0/s1. The van der Waals surface area contributed by atoms with Crippen molar-refractivity contribution < 1.29 is 9.59 Å². The van der Waals surface area contributed by atoms with Gasteiger partial charge >= 0.3 is 0 Å². The molecule has 164 valence electrons. The van der Waals surface area contributed by atoms with Gasteiger partial charge in [0, 0.05) is 29.6 Å². The van der Waals surface area contributed by atoms with Gasteiger partial charge in [-0.25, -0.2) is 0 Å². The topological polar surface area (TPSA) is 49.4 Å². The van der Waals surface area contributed by atoms with Crippen LogP contribution in [0.25, 0.3) is 0 Å². The molecule has 0 aromatic heterocycles. The number of rotatable bonds is 4. The van der Waals surface area contributed by atoms with Gasteiger partial charge in [-0.05, 0) is 49.1 Å². The van der Waals surface area contributed by atoms with Gasteiger partial charge < -0.3 is 10.2 Å². The zero-order valence-corrected chi connectivity index (χ0v) is 19.0. The molecule has 0 unspecified atom stereocenters. The molecule has 2 aromatic rings. The third kappa shape index (κ3) is 4.79. The summed E-state index contributed by atoms with van der Waals surface area (Å²) in [5, 5.41) is 3.98. The number of carbonyl (C=O) groups is 2. The second-order valence-corrected chi connectivity index (χ2v) is 9.58. The summed E-state index contributed by atoms with van der Waals surface area (Å²) in [7, 11) is 0. The molecule has 0 spiro atoms. The highest BCUT2D eigenvalue weighted by atomic mass is 35.5. The highest BCUT2D eigenvalue weighted by Crippen LogP contribution is 2.33. The summed E-state index contributed by atoms with van der Waals surface area (Å²) < 4.78 is 0. The average Bonchev–Trinajstić information content (AvgIpc) is 2.74. The van der Waals surface area contributed by atoms with Gasteiger partial charge in [0.15, 0.2) is 0 Å². The number of carbonyl (C=O) groups excluding carboxylic acids is 2. The van der Waals surface area contributed by atoms with E-state index in [4.69, 9.17) is 11.6 Å². The van der Waals surface area contributed by atoms with Crippen LogP contribution in [0.2, 0.25) is 5.02 Å². The van der Waals surface area contributed by atoms with Crippen LogP contribution in [0.15, 0.2) is 48.5 Å². The Bertz CT molecular complexity index is 935. The van der Waals surface area contributed by atoms with Gasteiger partial charge in [0.2, 0.25) is 5.91 Å². The third-order valence-electron chi connectivity index (χ3n) is 6.81. The van der Waals surface area contributed by atoms with Gasteiger partial charge in [-0.1, -0.05) is 74.0 Å². The number of fused-ring (bicyclic) bond motifs is 1. The predicted molar refractivity (Wildman–Crippen MR) is 124 cm³/mol. The van der Waals surface area contributed by atoms with Crippen molar-refractivity contribution >= 4 is 23.4 Å². The highest BCUT2D eigenvalue weighted by Gasteiger charge is 2.47. The molecule has 1 atom stereocenters. The minimum absolute atomic E-state index is 0.0464. The maximum atomic E-state index is 13.7. The van der Waals surface area contributed by atoms with Crippen LogP contribution in [-0.4, -0.2) is 28.3 Å². The summed E-state index contributed by atoms with van der Waals surface area (Å²) in [5.41, 5.74) is 1.65. The first kappa shape index (κ1) is 21.9.